The number of nitrogens with zero attached hydrogens (tertiary/aromatic N) is 1. The Balaban J connectivity index is 1.42. The monoisotopic (exact) mass is 445 g/mol. The highest BCUT2D eigenvalue weighted by Gasteiger charge is 2.35. The van der Waals surface area contributed by atoms with Crippen LogP contribution in [-0.4, -0.2) is 47.9 Å². The molecule has 1 saturated heterocycles. The molecule has 0 aromatic heterocycles. The van der Waals surface area contributed by atoms with Crippen molar-refractivity contribution in [2.24, 2.45) is 0 Å². The Hall–Kier alpha value is -3.17. The van der Waals surface area contributed by atoms with Gasteiger partial charge in [-0.05, 0) is 31.0 Å². The van der Waals surface area contributed by atoms with Crippen molar-refractivity contribution in [1.82, 2.24) is 4.90 Å². The number of aliphatic hydroxyl groups is 1. The van der Waals surface area contributed by atoms with Crippen LogP contribution in [0.4, 0.5) is 20.2 Å². The van der Waals surface area contributed by atoms with Crippen LogP contribution < -0.4 is 10.6 Å². The number of piperidine rings is 1. The summed E-state index contributed by atoms with van der Waals surface area (Å²) in [7, 11) is 0. The molecule has 2 aliphatic heterocycles. The molecule has 2 aromatic rings. The average molecular weight is 445 g/mol. The number of aliphatic hydroxyl groups excluding tert-OH is 1. The van der Waals surface area contributed by atoms with Crippen molar-refractivity contribution in [3.05, 3.63) is 71.7 Å². The average Bonchev–Trinajstić information content (AvgIpc) is 3.32. The molecule has 7 nitrogen and oxygen atoms in total. The lowest BCUT2D eigenvalue weighted by molar-refractivity contribution is -0.121. The highest BCUT2D eigenvalue weighted by Crippen LogP contribution is 2.26. The minimum atomic E-state index is -0.992. The van der Waals surface area contributed by atoms with Crippen LogP contribution in [0.3, 0.4) is 0 Å². The maximum Gasteiger partial charge on any atom is 0.249 e. The highest BCUT2D eigenvalue weighted by molar-refractivity contribution is 5.96. The van der Waals surface area contributed by atoms with Crippen LogP contribution in [0, 0.1) is 11.6 Å². The molecule has 3 N–H and O–H groups in total. The Labute approximate surface area is 184 Å². The van der Waals surface area contributed by atoms with Crippen LogP contribution in [0.15, 0.2) is 54.5 Å². The Morgan fingerprint density at radius 2 is 1.88 bits per heavy atom. The third-order valence-corrected chi connectivity index (χ3v) is 5.62. The fraction of sp³-hybridized carbons (Fsp3) is 0.348. The topological polar surface area (TPSA) is 83.1 Å². The van der Waals surface area contributed by atoms with E-state index in [4.69, 9.17) is 9.47 Å². The fourth-order valence-electron chi connectivity index (χ4n) is 3.98. The van der Waals surface area contributed by atoms with E-state index in [1.807, 2.05) is 35.2 Å². The maximum absolute atomic E-state index is 13.7. The molecule has 1 amide bonds. The van der Waals surface area contributed by atoms with Gasteiger partial charge in [0.05, 0.1) is 6.61 Å². The number of rotatable bonds is 7. The highest BCUT2D eigenvalue weighted by atomic mass is 19.2. The number of hydrogen-bond acceptors (Lipinski definition) is 6. The zero-order valence-electron chi connectivity index (χ0n) is 17.4. The molecule has 2 heterocycles. The summed E-state index contributed by atoms with van der Waals surface area (Å²) in [5.41, 5.74) is 1.36. The molecule has 1 unspecified atom stereocenters. The number of carbonyl (C=O) groups is 1. The molecular formula is C23H25F2N3O4. The van der Waals surface area contributed by atoms with E-state index in [2.05, 4.69) is 10.6 Å². The predicted molar refractivity (Wildman–Crippen MR) is 114 cm³/mol. The SMILES string of the molecule is O=C(Nc1ccccc1)C(C1=COCO1)N1CCC(Nc2cc(F)c(F)cc2CO)CC1. The van der Waals surface area contributed by atoms with E-state index < -0.39 is 24.3 Å². The first-order chi connectivity index (χ1) is 15.5. The van der Waals surface area contributed by atoms with Crippen molar-refractivity contribution in [2.45, 2.75) is 31.5 Å². The first kappa shape index (κ1) is 22.0. The summed E-state index contributed by atoms with van der Waals surface area (Å²) in [6.07, 6.45) is 2.79. The van der Waals surface area contributed by atoms with Gasteiger partial charge < -0.3 is 25.2 Å². The molecule has 2 aromatic carbocycles. The molecular weight excluding hydrogens is 420 g/mol. The number of para-hydroxylation sites is 1. The number of likely N-dealkylation sites (tertiary alicyclic amines) is 1. The van der Waals surface area contributed by atoms with Gasteiger partial charge in [-0.1, -0.05) is 18.2 Å². The molecule has 2 aliphatic rings. The van der Waals surface area contributed by atoms with Gasteiger partial charge in [0.1, 0.15) is 6.26 Å². The molecule has 9 heteroatoms. The summed E-state index contributed by atoms with van der Waals surface area (Å²) in [6, 6.07) is 10.6. The Kier molecular flexibility index (Phi) is 6.87. The van der Waals surface area contributed by atoms with Crippen molar-refractivity contribution >= 4 is 17.3 Å². The van der Waals surface area contributed by atoms with Crippen molar-refractivity contribution in [2.75, 3.05) is 30.5 Å². The lowest BCUT2D eigenvalue weighted by Gasteiger charge is -2.37. The van der Waals surface area contributed by atoms with Crippen molar-refractivity contribution < 1.29 is 28.2 Å². The molecule has 32 heavy (non-hydrogen) atoms. The zero-order chi connectivity index (χ0) is 22.5. The first-order valence-corrected chi connectivity index (χ1v) is 10.4. The van der Waals surface area contributed by atoms with Crippen LogP contribution in [0.5, 0.6) is 0 Å². The van der Waals surface area contributed by atoms with E-state index >= 15 is 0 Å². The van der Waals surface area contributed by atoms with Gasteiger partial charge in [-0.2, -0.15) is 0 Å². The number of carbonyl (C=O) groups excluding carboxylic acids is 1. The number of anilines is 2. The normalized spacial score (nSPS) is 17.8. The van der Waals surface area contributed by atoms with Crippen LogP contribution in [0.1, 0.15) is 18.4 Å². The third-order valence-electron chi connectivity index (χ3n) is 5.62. The molecule has 1 atom stereocenters. The van der Waals surface area contributed by atoms with Crippen molar-refractivity contribution in [3.63, 3.8) is 0 Å². The van der Waals surface area contributed by atoms with E-state index in [0.29, 0.717) is 48.6 Å². The first-order valence-electron chi connectivity index (χ1n) is 10.4. The summed E-state index contributed by atoms with van der Waals surface area (Å²) in [6.45, 7) is 0.820. The van der Waals surface area contributed by atoms with Gasteiger partial charge in [-0.15, -0.1) is 0 Å². The van der Waals surface area contributed by atoms with Crippen LogP contribution in [-0.2, 0) is 20.9 Å². The summed E-state index contributed by atoms with van der Waals surface area (Å²) in [4.78, 5) is 15.1. The van der Waals surface area contributed by atoms with Gasteiger partial charge in [0.25, 0.3) is 0 Å². The van der Waals surface area contributed by atoms with E-state index in [1.165, 1.54) is 6.26 Å². The second-order valence-electron chi connectivity index (χ2n) is 7.74. The van der Waals surface area contributed by atoms with E-state index in [0.717, 1.165) is 12.1 Å². The zero-order valence-corrected chi connectivity index (χ0v) is 17.4. The van der Waals surface area contributed by atoms with Gasteiger partial charge in [0, 0.05) is 42.1 Å². The molecule has 0 radical (unpaired) electrons. The molecule has 4 rings (SSSR count). The molecule has 0 spiro atoms. The van der Waals surface area contributed by atoms with E-state index in [-0.39, 0.29) is 18.7 Å². The predicted octanol–water partition coefficient (Wildman–Crippen LogP) is 3.19. The quantitative estimate of drug-likeness (QED) is 0.607. The van der Waals surface area contributed by atoms with Crippen molar-refractivity contribution in [1.29, 1.82) is 0 Å². The minimum absolute atomic E-state index is 0.0195. The number of benzene rings is 2. The summed E-state index contributed by atoms with van der Waals surface area (Å²) in [5, 5.41) is 15.6. The minimum Gasteiger partial charge on any atom is -0.462 e. The van der Waals surface area contributed by atoms with E-state index in [9.17, 15) is 18.7 Å². The fourth-order valence-corrected chi connectivity index (χ4v) is 3.98. The molecule has 170 valence electrons. The van der Waals surface area contributed by atoms with Crippen LogP contribution in [0.25, 0.3) is 0 Å². The van der Waals surface area contributed by atoms with Gasteiger partial charge in [-0.3, -0.25) is 9.69 Å². The molecule has 0 bridgehead atoms. The lowest BCUT2D eigenvalue weighted by atomic mass is 10.0. The Bertz CT molecular complexity index is 979. The number of ether oxygens (including phenoxy) is 2. The van der Waals surface area contributed by atoms with Gasteiger partial charge in [-0.25, -0.2) is 8.78 Å². The lowest BCUT2D eigenvalue weighted by Crippen LogP contribution is -2.50. The van der Waals surface area contributed by atoms with Crippen LogP contribution in [0.2, 0.25) is 0 Å². The van der Waals surface area contributed by atoms with Gasteiger partial charge >= 0.3 is 0 Å². The smallest absolute Gasteiger partial charge is 0.249 e. The second-order valence-corrected chi connectivity index (χ2v) is 7.74. The van der Waals surface area contributed by atoms with Crippen molar-refractivity contribution in [3.8, 4) is 0 Å². The number of hydrogen-bond donors (Lipinski definition) is 3. The Morgan fingerprint density at radius 1 is 1.16 bits per heavy atom. The van der Waals surface area contributed by atoms with Gasteiger partial charge in [0.2, 0.25) is 12.7 Å². The number of nitrogens with one attached hydrogen (secondary N) is 2. The maximum atomic E-state index is 13.7. The molecule has 0 saturated carbocycles. The molecule has 0 aliphatic carbocycles. The summed E-state index contributed by atoms with van der Waals surface area (Å²) in [5.74, 6) is -1.73. The summed E-state index contributed by atoms with van der Waals surface area (Å²) < 4.78 is 37.8. The van der Waals surface area contributed by atoms with Crippen LogP contribution >= 0.6 is 0 Å². The standard InChI is InChI=1S/C23H25F2N3O4/c24-18-10-15(12-29)20(11-19(18)25)26-17-6-8-28(9-7-17)22(21-13-31-14-32-21)23(30)27-16-4-2-1-3-5-16/h1-5,10-11,13,17,22,26,29H,6-9,12,14H2,(H,27,30). The number of amides is 1. The second kappa shape index (κ2) is 9.97. The molecule has 1 fully saturated rings. The summed E-state index contributed by atoms with van der Waals surface area (Å²) >= 11 is 0. The van der Waals surface area contributed by atoms with Gasteiger partial charge in [0.15, 0.2) is 23.4 Å². The third kappa shape index (κ3) is 5.00. The Morgan fingerprint density at radius 3 is 2.53 bits per heavy atom. The van der Waals surface area contributed by atoms with E-state index in [1.54, 1.807) is 0 Å². The number of halogens is 2. The largest absolute Gasteiger partial charge is 0.462 e.